The molecule has 0 bridgehead atoms. The van der Waals surface area contributed by atoms with E-state index in [1.807, 2.05) is 42.6 Å². The topological polar surface area (TPSA) is 62.2 Å². The van der Waals surface area contributed by atoms with E-state index < -0.39 is 0 Å². The fourth-order valence-corrected chi connectivity index (χ4v) is 3.46. The number of rotatable bonds is 4. The van der Waals surface area contributed by atoms with Crippen LogP contribution in [0.1, 0.15) is 6.92 Å². The molecular weight excluding hydrogens is 354 g/mol. The first-order chi connectivity index (χ1) is 13.8. The van der Waals surface area contributed by atoms with Gasteiger partial charge < -0.3 is 24.6 Å². The van der Waals surface area contributed by atoms with E-state index in [0.717, 1.165) is 56.0 Å². The maximum Gasteiger partial charge on any atom is 0.194 e. The van der Waals surface area contributed by atoms with Gasteiger partial charge in [0.05, 0.1) is 6.54 Å². The summed E-state index contributed by atoms with van der Waals surface area (Å²) >= 11 is 0. The van der Waals surface area contributed by atoms with Crippen LogP contribution >= 0.6 is 0 Å². The predicted molar refractivity (Wildman–Crippen MR) is 110 cm³/mol. The molecule has 1 N–H and O–H groups in total. The summed E-state index contributed by atoms with van der Waals surface area (Å²) in [4.78, 5) is 13.9. The van der Waals surface area contributed by atoms with E-state index >= 15 is 0 Å². The third-order valence-corrected chi connectivity index (χ3v) is 4.90. The lowest BCUT2D eigenvalue weighted by molar-refractivity contribution is 0.0969. The van der Waals surface area contributed by atoms with Crippen molar-refractivity contribution in [1.82, 2.24) is 15.2 Å². The van der Waals surface area contributed by atoms with E-state index in [4.69, 9.17) is 14.5 Å². The van der Waals surface area contributed by atoms with Crippen molar-refractivity contribution in [2.75, 3.05) is 50.8 Å². The number of para-hydroxylation sites is 2. The highest BCUT2D eigenvalue weighted by Crippen LogP contribution is 2.30. The molecule has 1 fully saturated rings. The molecule has 0 amide bonds. The monoisotopic (exact) mass is 381 g/mol. The second-order valence-electron chi connectivity index (χ2n) is 6.85. The first kappa shape index (κ1) is 18.4. The van der Waals surface area contributed by atoms with Crippen molar-refractivity contribution in [3.63, 3.8) is 0 Å². The number of piperazine rings is 1. The molecule has 1 aromatic heterocycles. The summed E-state index contributed by atoms with van der Waals surface area (Å²) in [7, 11) is 0. The molecule has 1 unspecified atom stereocenters. The van der Waals surface area contributed by atoms with Crippen LogP contribution in [0.5, 0.6) is 11.5 Å². The Balaban J connectivity index is 1.35. The summed E-state index contributed by atoms with van der Waals surface area (Å²) in [5.74, 6) is 3.57. The van der Waals surface area contributed by atoms with Gasteiger partial charge in [0.25, 0.3) is 0 Å². The minimum Gasteiger partial charge on any atom is -0.486 e. The number of nitrogens with one attached hydrogen (secondary N) is 1. The number of hydrogen-bond acceptors (Lipinski definition) is 5. The molecular formula is C21H27N5O2. The second-order valence-corrected chi connectivity index (χ2v) is 6.85. The van der Waals surface area contributed by atoms with Crippen LogP contribution in [-0.2, 0) is 0 Å². The van der Waals surface area contributed by atoms with Gasteiger partial charge in [-0.15, -0.1) is 0 Å². The van der Waals surface area contributed by atoms with E-state index in [1.165, 1.54) is 0 Å². The lowest BCUT2D eigenvalue weighted by atomic mass is 10.2. The molecule has 7 nitrogen and oxygen atoms in total. The molecule has 1 saturated heterocycles. The number of hydrogen-bond donors (Lipinski definition) is 1. The SMILES string of the molecule is CCNC(=NCC1COc2ccccc2O1)N1CCN(c2ccccn2)CC1. The Morgan fingerprint density at radius 2 is 1.89 bits per heavy atom. The number of anilines is 1. The van der Waals surface area contributed by atoms with Gasteiger partial charge in [-0.3, -0.25) is 0 Å². The van der Waals surface area contributed by atoms with E-state index in [2.05, 4.69) is 33.1 Å². The second kappa shape index (κ2) is 8.82. The highest BCUT2D eigenvalue weighted by Gasteiger charge is 2.23. The molecule has 1 atom stereocenters. The van der Waals surface area contributed by atoms with Gasteiger partial charge in [0.2, 0.25) is 0 Å². The smallest absolute Gasteiger partial charge is 0.194 e. The van der Waals surface area contributed by atoms with Crippen LogP contribution in [0.15, 0.2) is 53.7 Å². The number of aromatic nitrogens is 1. The van der Waals surface area contributed by atoms with Crippen molar-refractivity contribution in [3.05, 3.63) is 48.7 Å². The van der Waals surface area contributed by atoms with Crippen LogP contribution in [0.3, 0.4) is 0 Å². The van der Waals surface area contributed by atoms with Gasteiger partial charge in [0.1, 0.15) is 12.4 Å². The summed E-state index contributed by atoms with van der Waals surface area (Å²) < 4.78 is 11.8. The number of pyridine rings is 1. The Hall–Kier alpha value is -2.96. The maximum atomic E-state index is 6.03. The van der Waals surface area contributed by atoms with Crippen LogP contribution in [0, 0.1) is 0 Å². The first-order valence-electron chi connectivity index (χ1n) is 9.91. The molecule has 28 heavy (non-hydrogen) atoms. The lowest BCUT2D eigenvalue weighted by Crippen LogP contribution is -2.53. The Kier molecular flexibility index (Phi) is 5.80. The number of fused-ring (bicyclic) bond motifs is 1. The Morgan fingerprint density at radius 1 is 1.11 bits per heavy atom. The Morgan fingerprint density at radius 3 is 2.64 bits per heavy atom. The van der Waals surface area contributed by atoms with Crippen molar-refractivity contribution in [2.24, 2.45) is 4.99 Å². The third-order valence-electron chi connectivity index (χ3n) is 4.90. The van der Waals surface area contributed by atoms with Gasteiger partial charge in [0, 0.05) is 38.9 Å². The maximum absolute atomic E-state index is 6.03. The highest BCUT2D eigenvalue weighted by molar-refractivity contribution is 5.80. The molecule has 2 aliphatic heterocycles. The summed E-state index contributed by atoms with van der Waals surface area (Å²) in [5.41, 5.74) is 0. The predicted octanol–water partition coefficient (Wildman–Crippen LogP) is 2.01. The van der Waals surface area contributed by atoms with Crippen LogP contribution in [0.4, 0.5) is 5.82 Å². The molecule has 2 aliphatic rings. The standard InChI is InChI=1S/C21H27N5O2/c1-2-22-21(24-15-17-16-27-18-7-3-4-8-19(18)28-17)26-13-11-25(12-14-26)20-9-5-6-10-23-20/h3-10,17H,2,11-16H2,1H3,(H,22,24). The summed E-state index contributed by atoms with van der Waals surface area (Å²) in [6, 6.07) is 13.8. The van der Waals surface area contributed by atoms with Crippen LogP contribution in [0.25, 0.3) is 0 Å². The van der Waals surface area contributed by atoms with E-state index in [9.17, 15) is 0 Å². The van der Waals surface area contributed by atoms with Gasteiger partial charge in [-0.2, -0.15) is 0 Å². The van der Waals surface area contributed by atoms with Crippen molar-refractivity contribution in [1.29, 1.82) is 0 Å². The molecule has 0 spiro atoms. The Labute approximate surface area is 166 Å². The van der Waals surface area contributed by atoms with Gasteiger partial charge in [0.15, 0.2) is 23.6 Å². The zero-order valence-corrected chi connectivity index (χ0v) is 16.3. The van der Waals surface area contributed by atoms with Crippen LogP contribution < -0.4 is 19.7 Å². The fourth-order valence-electron chi connectivity index (χ4n) is 3.46. The molecule has 0 saturated carbocycles. The minimum atomic E-state index is -0.0710. The van der Waals surface area contributed by atoms with Gasteiger partial charge in [-0.25, -0.2) is 9.98 Å². The average molecular weight is 381 g/mol. The summed E-state index contributed by atoms with van der Waals surface area (Å²) in [6.45, 7) is 7.70. The molecule has 0 radical (unpaired) electrons. The van der Waals surface area contributed by atoms with Crippen LogP contribution in [0.2, 0.25) is 0 Å². The molecule has 2 aromatic rings. The average Bonchev–Trinajstić information content (AvgIpc) is 2.77. The van der Waals surface area contributed by atoms with E-state index in [1.54, 1.807) is 0 Å². The normalized spacial score (nSPS) is 19.5. The van der Waals surface area contributed by atoms with Crippen molar-refractivity contribution in [3.8, 4) is 11.5 Å². The van der Waals surface area contributed by atoms with E-state index in [-0.39, 0.29) is 6.10 Å². The highest BCUT2D eigenvalue weighted by atomic mass is 16.6. The molecule has 0 aliphatic carbocycles. The number of aliphatic imine (C=N–C) groups is 1. The zero-order valence-electron chi connectivity index (χ0n) is 16.3. The van der Waals surface area contributed by atoms with Gasteiger partial charge in [-0.1, -0.05) is 18.2 Å². The number of ether oxygens (including phenoxy) is 2. The first-order valence-corrected chi connectivity index (χ1v) is 9.91. The third kappa shape index (κ3) is 4.30. The summed E-state index contributed by atoms with van der Waals surface area (Å²) in [5, 5.41) is 3.41. The molecule has 1 aromatic carbocycles. The molecule has 148 valence electrons. The number of guanidine groups is 1. The van der Waals surface area contributed by atoms with Crippen molar-refractivity contribution < 1.29 is 9.47 Å². The molecule has 4 rings (SSSR count). The quantitative estimate of drug-likeness (QED) is 0.646. The lowest BCUT2D eigenvalue weighted by Gasteiger charge is -2.37. The van der Waals surface area contributed by atoms with Crippen molar-refractivity contribution in [2.45, 2.75) is 13.0 Å². The van der Waals surface area contributed by atoms with Gasteiger partial charge >= 0.3 is 0 Å². The largest absolute Gasteiger partial charge is 0.486 e. The minimum absolute atomic E-state index is 0.0710. The molecule has 3 heterocycles. The van der Waals surface area contributed by atoms with Crippen LogP contribution in [-0.4, -0.2) is 67.8 Å². The zero-order chi connectivity index (χ0) is 19.2. The van der Waals surface area contributed by atoms with E-state index in [0.29, 0.717) is 13.2 Å². The number of benzene rings is 1. The fraction of sp³-hybridized carbons (Fsp3) is 0.429. The Bertz CT molecular complexity index is 790. The van der Waals surface area contributed by atoms with Gasteiger partial charge in [-0.05, 0) is 31.2 Å². The summed E-state index contributed by atoms with van der Waals surface area (Å²) in [6.07, 6.45) is 1.77. The number of nitrogens with zero attached hydrogens (tertiary/aromatic N) is 4. The molecule has 7 heteroatoms. The van der Waals surface area contributed by atoms with Crippen molar-refractivity contribution >= 4 is 11.8 Å².